The molecule has 0 radical (unpaired) electrons. The second-order valence-corrected chi connectivity index (χ2v) is 3.84. The van der Waals surface area contributed by atoms with E-state index in [2.05, 4.69) is 10.3 Å². The van der Waals surface area contributed by atoms with Gasteiger partial charge < -0.3 is 18.3 Å². The Kier molecular flexibility index (Phi) is 2.69. The van der Waals surface area contributed by atoms with Crippen LogP contribution >= 0.6 is 0 Å². The number of pyridine rings is 1. The molecule has 15 heavy (non-hydrogen) atoms. The third-order valence-electron chi connectivity index (χ3n) is 2.61. The molecule has 0 spiro atoms. The van der Waals surface area contributed by atoms with Crippen LogP contribution in [-0.4, -0.2) is 25.1 Å². The second kappa shape index (κ2) is 3.85. The number of hydrogen-bond acceptors (Lipinski definition) is 2. The van der Waals surface area contributed by atoms with Gasteiger partial charge in [-0.2, -0.15) is 0 Å². The molecule has 1 saturated heterocycles. The summed E-state index contributed by atoms with van der Waals surface area (Å²) in [4.78, 5) is 3.76. The molecule has 0 aromatic carbocycles. The maximum Gasteiger partial charge on any atom is 0.482 e. The lowest BCUT2D eigenvalue weighted by molar-refractivity contribution is 0.441. The highest BCUT2D eigenvalue weighted by Crippen LogP contribution is 2.26. The normalized spacial score (nSPS) is 17.5. The first-order valence-corrected chi connectivity index (χ1v) is 4.91. The number of rotatable bonds is 3. The lowest BCUT2D eigenvalue weighted by Crippen LogP contribution is -2.40. The van der Waals surface area contributed by atoms with Gasteiger partial charge in [-0.05, 0) is 11.6 Å². The minimum atomic E-state index is -4.77. The van der Waals surface area contributed by atoms with E-state index < -0.39 is 13.3 Å². The molecule has 1 aromatic rings. The Bertz CT molecular complexity index is 349. The van der Waals surface area contributed by atoms with Crippen LogP contribution in [0.25, 0.3) is 0 Å². The lowest BCUT2D eigenvalue weighted by atomic mass is 9.78. The average molecular weight is 215 g/mol. The molecule has 1 aliphatic rings. The van der Waals surface area contributed by atoms with E-state index in [0.717, 1.165) is 18.7 Å². The molecule has 6 heteroatoms. The van der Waals surface area contributed by atoms with E-state index in [1.54, 1.807) is 12.3 Å². The molecular weight excluding hydrogens is 204 g/mol. The first kappa shape index (κ1) is 10.5. The van der Waals surface area contributed by atoms with Gasteiger partial charge in [0.05, 0.1) is 0 Å². The van der Waals surface area contributed by atoms with Crippen molar-refractivity contribution in [3.63, 3.8) is 0 Å². The van der Waals surface area contributed by atoms with Crippen molar-refractivity contribution < 1.29 is 12.9 Å². The largest absolute Gasteiger partial charge is 0.482 e. The molecule has 0 saturated carbocycles. The summed E-state index contributed by atoms with van der Waals surface area (Å²) < 4.78 is 37.0. The van der Waals surface area contributed by atoms with Crippen molar-refractivity contribution in [3.05, 3.63) is 29.6 Å². The summed E-state index contributed by atoms with van der Waals surface area (Å²) >= 11 is 0. The Balaban J connectivity index is 2.21. The monoisotopic (exact) mass is 215 g/mol. The highest BCUT2D eigenvalue weighted by molar-refractivity contribution is 6.57. The van der Waals surface area contributed by atoms with Gasteiger partial charge in [0, 0.05) is 31.4 Å². The molecule has 2 nitrogen and oxygen atoms in total. The van der Waals surface area contributed by atoms with Gasteiger partial charge in [0.2, 0.25) is 0 Å². The number of nitrogens with one attached hydrogen (secondary N) is 1. The van der Waals surface area contributed by atoms with Gasteiger partial charge in [0.15, 0.2) is 0 Å². The fourth-order valence-corrected chi connectivity index (χ4v) is 1.76. The van der Waals surface area contributed by atoms with Gasteiger partial charge >= 0.3 is 6.98 Å². The van der Waals surface area contributed by atoms with E-state index in [-0.39, 0.29) is 5.92 Å². The van der Waals surface area contributed by atoms with Gasteiger partial charge in [-0.15, -0.1) is 0 Å². The lowest BCUT2D eigenvalue weighted by Gasteiger charge is -2.30. The van der Waals surface area contributed by atoms with Crippen LogP contribution in [0.2, 0.25) is 0 Å². The van der Waals surface area contributed by atoms with E-state index in [1.165, 1.54) is 6.20 Å². The number of halogens is 3. The highest BCUT2D eigenvalue weighted by Gasteiger charge is 2.28. The molecule has 1 aliphatic heterocycles. The SMILES string of the molecule is F[B-](F)(F)Cc1cnccc1C1CNC1. The number of aromatic nitrogens is 1. The molecular formula is C9H11BF3N2-. The van der Waals surface area contributed by atoms with Crippen molar-refractivity contribution in [2.24, 2.45) is 0 Å². The summed E-state index contributed by atoms with van der Waals surface area (Å²) in [6.07, 6.45) is 2.07. The van der Waals surface area contributed by atoms with Gasteiger partial charge in [-0.3, -0.25) is 4.98 Å². The summed E-state index contributed by atoms with van der Waals surface area (Å²) in [6, 6.07) is 1.70. The Morgan fingerprint density at radius 2 is 2.13 bits per heavy atom. The van der Waals surface area contributed by atoms with Crippen LogP contribution in [0.15, 0.2) is 18.5 Å². The first-order chi connectivity index (χ1) is 7.06. The topological polar surface area (TPSA) is 24.9 Å². The fraction of sp³-hybridized carbons (Fsp3) is 0.444. The Hall–Kier alpha value is -1.04. The van der Waals surface area contributed by atoms with Crippen molar-refractivity contribution >= 4 is 6.98 Å². The van der Waals surface area contributed by atoms with E-state index in [9.17, 15) is 12.9 Å². The zero-order valence-corrected chi connectivity index (χ0v) is 8.09. The predicted molar refractivity (Wildman–Crippen MR) is 52.6 cm³/mol. The van der Waals surface area contributed by atoms with Gasteiger partial charge in [-0.25, -0.2) is 0 Å². The van der Waals surface area contributed by atoms with E-state index in [4.69, 9.17) is 0 Å². The van der Waals surface area contributed by atoms with Crippen molar-refractivity contribution in [3.8, 4) is 0 Å². The summed E-state index contributed by atoms with van der Waals surface area (Å²) in [5.41, 5.74) is 1.12. The molecule has 82 valence electrons. The molecule has 2 rings (SSSR count). The maximum atomic E-state index is 12.3. The van der Waals surface area contributed by atoms with Gasteiger partial charge in [-0.1, -0.05) is 11.9 Å². The average Bonchev–Trinajstić information content (AvgIpc) is 2.02. The summed E-state index contributed by atoms with van der Waals surface area (Å²) in [5.74, 6) is 0.223. The zero-order chi connectivity index (χ0) is 10.9. The van der Waals surface area contributed by atoms with Gasteiger partial charge in [0.1, 0.15) is 0 Å². The van der Waals surface area contributed by atoms with Crippen LogP contribution in [0.3, 0.4) is 0 Å². The van der Waals surface area contributed by atoms with Crippen molar-refractivity contribution in [2.45, 2.75) is 12.2 Å². The molecule has 0 bridgehead atoms. The molecule has 2 heterocycles. The molecule has 0 aliphatic carbocycles. The van der Waals surface area contributed by atoms with E-state index in [1.807, 2.05) is 0 Å². The molecule has 0 amide bonds. The van der Waals surface area contributed by atoms with E-state index in [0.29, 0.717) is 5.56 Å². The molecule has 1 fully saturated rings. The Morgan fingerprint density at radius 3 is 2.67 bits per heavy atom. The van der Waals surface area contributed by atoms with Crippen molar-refractivity contribution in [1.82, 2.24) is 10.3 Å². The third kappa shape index (κ3) is 2.50. The zero-order valence-electron chi connectivity index (χ0n) is 8.09. The van der Waals surface area contributed by atoms with Crippen LogP contribution in [-0.2, 0) is 6.32 Å². The Morgan fingerprint density at radius 1 is 1.40 bits per heavy atom. The van der Waals surface area contributed by atoms with Gasteiger partial charge in [0.25, 0.3) is 0 Å². The highest BCUT2D eigenvalue weighted by atomic mass is 19.4. The number of hydrogen-bond donors (Lipinski definition) is 1. The van der Waals surface area contributed by atoms with Crippen molar-refractivity contribution in [2.75, 3.05) is 13.1 Å². The fourth-order valence-electron chi connectivity index (χ4n) is 1.76. The van der Waals surface area contributed by atoms with Crippen LogP contribution in [0, 0.1) is 0 Å². The quantitative estimate of drug-likeness (QED) is 0.776. The minimum absolute atomic E-state index is 0.223. The van der Waals surface area contributed by atoms with E-state index >= 15 is 0 Å². The predicted octanol–water partition coefficient (Wildman–Crippen LogP) is 1.70. The smallest absolute Gasteiger partial charge is 0.449 e. The summed E-state index contributed by atoms with van der Waals surface area (Å²) in [7, 11) is 0. The minimum Gasteiger partial charge on any atom is -0.449 e. The van der Waals surface area contributed by atoms with Crippen LogP contribution in [0.5, 0.6) is 0 Å². The Labute approximate surface area is 86.0 Å². The molecule has 1 aromatic heterocycles. The van der Waals surface area contributed by atoms with Crippen LogP contribution < -0.4 is 5.32 Å². The molecule has 0 atom stereocenters. The third-order valence-corrected chi connectivity index (χ3v) is 2.61. The summed E-state index contributed by atoms with van der Waals surface area (Å²) in [6.45, 7) is -3.24. The van der Waals surface area contributed by atoms with Crippen LogP contribution in [0.4, 0.5) is 12.9 Å². The number of nitrogens with zero attached hydrogens (tertiary/aromatic N) is 1. The maximum absolute atomic E-state index is 12.3. The standard InChI is InChI=1S/C9H11BF3N2/c11-10(12,13)3-7-4-14-2-1-9(7)8-5-15-6-8/h1-2,4,8,15H,3,5-6H2/q-1. The van der Waals surface area contributed by atoms with Crippen molar-refractivity contribution in [1.29, 1.82) is 0 Å². The molecule has 0 unspecified atom stereocenters. The first-order valence-electron chi connectivity index (χ1n) is 4.91. The van der Waals surface area contributed by atoms with Crippen LogP contribution in [0.1, 0.15) is 17.0 Å². The molecule has 1 N–H and O–H groups in total. The summed E-state index contributed by atoms with van der Waals surface area (Å²) in [5, 5.41) is 3.05. The second-order valence-electron chi connectivity index (χ2n) is 3.84.